The van der Waals surface area contributed by atoms with Gasteiger partial charge in [0.1, 0.15) is 0 Å². The number of aromatic nitrogens is 2. The van der Waals surface area contributed by atoms with Gasteiger partial charge in [0.25, 0.3) is 0 Å². The van der Waals surface area contributed by atoms with Crippen molar-refractivity contribution in [3.05, 3.63) is 95.6 Å². The van der Waals surface area contributed by atoms with Gasteiger partial charge in [-0.2, -0.15) is 0 Å². The van der Waals surface area contributed by atoms with Crippen LogP contribution in [0.5, 0.6) is 0 Å². The van der Waals surface area contributed by atoms with Crippen LogP contribution in [0.15, 0.2) is 78.1 Å². The van der Waals surface area contributed by atoms with Crippen LogP contribution in [-0.2, 0) is 6.54 Å². The zero-order chi connectivity index (χ0) is 26.6. The lowest BCUT2D eigenvalue weighted by atomic mass is 9.96. The van der Waals surface area contributed by atoms with Crippen LogP contribution in [0.4, 0.5) is 5.69 Å². The van der Waals surface area contributed by atoms with Gasteiger partial charge in [-0.1, -0.05) is 70.2 Å². The number of aryl methyl sites for hydroxylation is 2. The van der Waals surface area contributed by atoms with Crippen LogP contribution >= 0.6 is 11.8 Å². The standard InChI is InChI=1S/C13H15N.C12H19NS.C4H6N2.C2H6/c1-10-9-12(7-8-13(10)14)11-5-3-2-4-6-11;1-3-9-14-12-8-6-5-7-11(12)10-13-4-2;1-4-2-5-3-6-4;1-2/h2-3,5,7-9H,4,6,14H2,1H3;5-8,13H,3-4,9-10H2,1-2H3;2-3H,1H3,(H,5,6);1-2H3. The third-order valence-electron chi connectivity index (χ3n) is 5.29. The Balaban J connectivity index is 0.000000279. The average Bonchev–Trinajstić information content (AvgIpc) is 3.41. The van der Waals surface area contributed by atoms with Gasteiger partial charge in [0.2, 0.25) is 0 Å². The highest BCUT2D eigenvalue weighted by atomic mass is 32.2. The Morgan fingerprint density at radius 1 is 1.08 bits per heavy atom. The van der Waals surface area contributed by atoms with Gasteiger partial charge in [0, 0.05) is 29.0 Å². The van der Waals surface area contributed by atoms with E-state index in [9.17, 15) is 0 Å². The van der Waals surface area contributed by atoms with Crippen LogP contribution in [0.2, 0.25) is 0 Å². The van der Waals surface area contributed by atoms with Gasteiger partial charge in [-0.05, 0) is 85.9 Å². The Hall–Kier alpha value is -2.76. The molecule has 0 atom stereocenters. The summed E-state index contributed by atoms with van der Waals surface area (Å²) in [5.74, 6) is 1.21. The Morgan fingerprint density at radius 3 is 2.42 bits per heavy atom. The summed E-state index contributed by atoms with van der Waals surface area (Å²) in [6.45, 7) is 14.4. The van der Waals surface area contributed by atoms with Crippen LogP contribution in [0.1, 0.15) is 69.3 Å². The number of nitrogens with two attached hydrogens (primary N) is 1. The molecule has 0 amide bonds. The van der Waals surface area contributed by atoms with E-state index in [1.165, 1.54) is 33.8 Å². The lowest BCUT2D eigenvalue weighted by Gasteiger charge is -2.10. The molecule has 4 nitrogen and oxygen atoms in total. The largest absolute Gasteiger partial charge is 0.399 e. The lowest BCUT2D eigenvalue weighted by Crippen LogP contribution is -2.12. The summed E-state index contributed by atoms with van der Waals surface area (Å²) in [5.41, 5.74) is 13.1. The Kier molecular flexibility index (Phi) is 16.9. The fourth-order valence-electron chi connectivity index (χ4n) is 3.31. The molecule has 1 aliphatic rings. The summed E-state index contributed by atoms with van der Waals surface area (Å²) in [7, 11) is 0. The van der Waals surface area contributed by atoms with Gasteiger partial charge in [0.05, 0.1) is 6.33 Å². The maximum atomic E-state index is 5.78. The van der Waals surface area contributed by atoms with Crippen LogP contribution in [-0.4, -0.2) is 22.3 Å². The molecule has 0 saturated carbocycles. The van der Waals surface area contributed by atoms with Crippen molar-refractivity contribution in [2.24, 2.45) is 0 Å². The smallest absolute Gasteiger partial charge is 0.0921 e. The number of hydrogen-bond acceptors (Lipinski definition) is 4. The number of nitrogen functional groups attached to an aromatic ring is 1. The van der Waals surface area contributed by atoms with Crippen LogP contribution in [0.25, 0.3) is 5.57 Å². The van der Waals surface area contributed by atoms with E-state index in [2.05, 4.69) is 90.7 Å². The van der Waals surface area contributed by atoms with E-state index in [-0.39, 0.29) is 0 Å². The molecular weight excluding hydrogens is 460 g/mol. The Bertz CT molecular complexity index is 996. The van der Waals surface area contributed by atoms with Crippen molar-refractivity contribution in [1.29, 1.82) is 0 Å². The van der Waals surface area contributed by atoms with E-state index in [4.69, 9.17) is 5.73 Å². The molecule has 1 aromatic heterocycles. The van der Waals surface area contributed by atoms with Crippen LogP contribution in [0, 0.1) is 13.8 Å². The zero-order valence-corrected chi connectivity index (χ0v) is 23.9. The summed E-state index contributed by atoms with van der Waals surface area (Å²) < 4.78 is 0. The summed E-state index contributed by atoms with van der Waals surface area (Å²) >= 11 is 1.96. The van der Waals surface area contributed by atoms with Crippen LogP contribution in [0.3, 0.4) is 0 Å². The first-order valence-electron chi connectivity index (χ1n) is 13.1. The lowest BCUT2D eigenvalue weighted by molar-refractivity contribution is 0.718. The van der Waals surface area contributed by atoms with Gasteiger partial charge >= 0.3 is 0 Å². The average molecular weight is 507 g/mol. The number of aromatic amines is 1. The molecule has 4 N–H and O–H groups in total. The number of benzene rings is 2. The maximum absolute atomic E-state index is 5.78. The van der Waals surface area contributed by atoms with Crippen LogP contribution < -0.4 is 11.1 Å². The van der Waals surface area contributed by atoms with Gasteiger partial charge in [0.15, 0.2) is 0 Å². The number of imidazole rings is 1. The number of anilines is 1. The molecule has 0 spiro atoms. The van der Waals surface area contributed by atoms with E-state index in [0.29, 0.717) is 0 Å². The molecule has 5 heteroatoms. The first kappa shape index (κ1) is 31.3. The highest BCUT2D eigenvalue weighted by Gasteiger charge is 2.04. The number of thioether (sulfide) groups is 1. The molecule has 0 saturated heterocycles. The number of allylic oxidation sites excluding steroid dienone is 4. The van der Waals surface area contributed by atoms with Crippen molar-refractivity contribution in [3.8, 4) is 0 Å². The molecule has 0 unspecified atom stereocenters. The molecule has 0 bridgehead atoms. The summed E-state index contributed by atoms with van der Waals surface area (Å²) in [5, 5.41) is 3.37. The number of nitrogens with one attached hydrogen (secondary N) is 2. The van der Waals surface area contributed by atoms with Crippen molar-refractivity contribution in [2.75, 3.05) is 18.0 Å². The minimum absolute atomic E-state index is 0.876. The second-order valence-electron chi connectivity index (χ2n) is 8.20. The quantitative estimate of drug-likeness (QED) is 0.222. The zero-order valence-electron chi connectivity index (χ0n) is 23.1. The molecule has 36 heavy (non-hydrogen) atoms. The van der Waals surface area contributed by atoms with Gasteiger partial charge in [-0.3, -0.25) is 0 Å². The predicted molar refractivity (Wildman–Crippen MR) is 161 cm³/mol. The molecule has 0 radical (unpaired) electrons. The summed E-state index contributed by atoms with van der Waals surface area (Å²) in [4.78, 5) is 8.08. The minimum atomic E-state index is 0.876. The highest BCUT2D eigenvalue weighted by molar-refractivity contribution is 7.99. The number of H-pyrrole nitrogens is 1. The van der Waals surface area contributed by atoms with E-state index < -0.39 is 0 Å². The first-order chi connectivity index (χ1) is 17.5. The fraction of sp³-hybridized carbons (Fsp3) is 0.387. The van der Waals surface area contributed by atoms with Gasteiger partial charge in [-0.15, -0.1) is 11.8 Å². The van der Waals surface area contributed by atoms with E-state index >= 15 is 0 Å². The second kappa shape index (κ2) is 19.4. The number of nitrogens with zero attached hydrogens (tertiary/aromatic N) is 1. The molecule has 2 aromatic carbocycles. The van der Waals surface area contributed by atoms with E-state index in [0.717, 1.165) is 42.9 Å². The number of hydrogen-bond donors (Lipinski definition) is 3. The molecule has 0 fully saturated rings. The second-order valence-corrected chi connectivity index (χ2v) is 9.34. The molecule has 1 aliphatic carbocycles. The third-order valence-corrected chi connectivity index (χ3v) is 6.61. The molecule has 196 valence electrons. The Morgan fingerprint density at radius 2 is 1.86 bits per heavy atom. The van der Waals surface area contributed by atoms with Crippen molar-refractivity contribution in [1.82, 2.24) is 15.3 Å². The van der Waals surface area contributed by atoms with E-state index in [1.54, 1.807) is 12.5 Å². The molecule has 0 aliphatic heterocycles. The van der Waals surface area contributed by atoms with Crippen molar-refractivity contribution in [2.45, 2.75) is 72.2 Å². The number of rotatable bonds is 7. The summed E-state index contributed by atoms with van der Waals surface area (Å²) in [6.07, 6.45) is 13.5. The van der Waals surface area contributed by atoms with Crippen molar-refractivity contribution >= 4 is 23.0 Å². The normalized spacial score (nSPS) is 11.7. The topological polar surface area (TPSA) is 66.7 Å². The molecule has 4 rings (SSSR count). The highest BCUT2D eigenvalue weighted by Crippen LogP contribution is 2.26. The van der Waals surface area contributed by atoms with E-state index in [1.807, 2.05) is 38.6 Å². The summed E-state index contributed by atoms with van der Waals surface area (Å²) in [6, 6.07) is 14.9. The molecular formula is C31H46N4S. The fourth-order valence-corrected chi connectivity index (χ4v) is 4.23. The maximum Gasteiger partial charge on any atom is 0.0921 e. The molecule has 3 aromatic rings. The van der Waals surface area contributed by atoms with Gasteiger partial charge < -0.3 is 16.0 Å². The van der Waals surface area contributed by atoms with Gasteiger partial charge in [-0.25, -0.2) is 4.98 Å². The van der Waals surface area contributed by atoms with Crippen molar-refractivity contribution in [3.63, 3.8) is 0 Å². The third kappa shape index (κ3) is 12.3. The Labute approximate surface area is 223 Å². The molecule has 1 heterocycles. The predicted octanol–water partition coefficient (Wildman–Crippen LogP) is 8.35. The monoisotopic (exact) mass is 506 g/mol. The SMILES string of the molecule is CC.CCCSc1ccccc1CNCC.Cc1cc(C2=CC=CCC2)ccc1N.Cc1cnc[nH]1. The van der Waals surface area contributed by atoms with Crippen molar-refractivity contribution < 1.29 is 0 Å². The first-order valence-corrected chi connectivity index (χ1v) is 14.1. The minimum Gasteiger partial charge on any atom is -0.399 e.